The van der Waals surface area contributed by atoms with Crippen molar-refractivity contribution in [3.63, 3.8) is 0 Å². The fraction of sp³-hybridized carbons (Fsp3) is 0.812. The number of ether oxygens (including phenoxy) is 1. The van der Waals surface area contributed by atoms with Crippen LogP contribution >= 0.6 is 0 Å². The zero-order valence-corrected chi connectivity index (χ0v) is 13.1. The standard InChI is InChI=1S/C16H24N4O2/c1-22-9-12-7-20(14(21)6-10-2-3-10)8-13(12)16-17-15(18-19-16)11-4-5-11/h10-13H,2-9H2,1H3,(H,17,18,19)/t12-,13+/m0/s1. The number of rotatable bonds is 6. The molecule has 1 amide bonds. The summed E-state index contributed by atoms with van der Waals surface area (Å²) in [5, 5.41) is 7.48. The van der Waals surface area contributed by atoms with Crippen LogP contribution < -0.4 is 0 Å². The summed E-state index contributed by atoms with van der Waals surface area (Å²) in [7, 11) is 1.72. The Labute approximate surface area is 130 Å². The number of methoxy groups -OCH3 is 1. The lowest BCUT2D eigenvalue weighted by Gasteiger charge is -2.15. The summed E-state index contributed by atoms with van der Waals surface area (Å²) in [6.07, 6.45) is 5.57. The van der Waals surface area contributed by atoms with Crippen molar-refractivity contribution in [2.45, 2.75) is 43.9 Å². The zero-order valence-electron chi connectivity index (χ0n) is 13.1. The molecule has 0 spiro atoms. The topological polar surface area (TPSA) is 71.1 Å². The van der Waals surface area contributed by atoms with Crippen LogP contribution in [0, 0.1) is 11.8 Å². The number of aromatic nitrogens is 3. The van der Waals surface area contributed by atoms with Gasteiger partial charge in [0.05, 0.1) is 6.61 Å². The van der Waals surface area contributed by atoms with Gasteiger partial charge in [-0.2, -0.15) is 5.10 Å². The Morgan fingerprint density at radius 1 is 1.32 bits per heavy atom. The van der Waals surface area contributed by atoms with Gasteiger partial charge in [0.1, 0.15) is 5.82 Å². The van der Waals surface area contributed by atoms with Gasteiger partial charge in [-0.15, -0.1) is 0 Å². The number of nitrogens with one attached hydrogen (secondary N) is 1. The first-order valence-electron chi connectivity index (χ1n) is 8.43. The summed E-state index contributed by atoms with van der Waals surface area (Å²) >= 11 is 0. The van der Waals surface area contributed by atoms with Crippen molar-refractivity contribution in [3.8, 4) is 0 Å². The molecule has 3 fully saturated rings. The Balaban J connectivity index is 1.46. The Hall–Kier alpha value is -1.43. The van der Waals surface area contributed by atoms with Gasteiger partial charge in [-0.1, -0.05) is 0 Å². The van der Waals surface area contributed by atoms with Gasteiger partial charge >= 0.3 is 0 Å². The molecule has 1 aliphatic heterocycles. The number of aromatic amines is 1. The minimum atomic E-state index is 0.225. The van der Waals surface area contributed by atoms with E-state index in [1.165, 1.54) is 25.7 Å². The van der Waals surface area contributed by atoms with E-state index in [0.717, 1.165) is 31.2 Å². The number of amides is 1. The molecule has 1 aromatic rings. The maximum absolute atomic E-state index is 12.4. The van der Waals surface area contributed by atoms with Gasteiger partial charge in [-0.05, 0) is 31.6 Å². The predicted molar refractivity (Wildman–Crippen MR) is 80.4 cm³/mol. The minimum Gasteiger partial charge on any atom is -0.384 e. The molecule has 120 valence electrons. The highest BCUT2D eigenvalue weighted by atomic mass is 16.5. The first-order valence-corrected chi connectivity index (χ1v) is 8.43. The molecule has 0 unspecified atom stereocenters. The fourth-order valence-electron chi connectivity index (χ4n) is 3.44. The number of carbonyl (C=O) groups is 1. The summed E-state index contributed by atoms with van der Waals surface area (Å²) in [6, 6.07) is 0. The van der Waals surface area contributed by atoms with E-state index in [9.17, 15) is 4.79 Å². The van der Waals surface area contributed by atoms with Crippen molar-refractivity contribution in [3.05, 3.63) is 11.6 Å². The van der Waals surface area contributed by atoms with Gasteiger partial charge in [-0.3, -0.25) is 9.89 Å². The van der Waals surface area contributed by atoms with Crippen LogP contribution in [-0.4, -0.2) is 52.8 Å². The normalized spacial score (nSPS) is 28.3. The second kappa shape index (κ2) is 5.65. The molecule has 0 bridgehead atoms. The Morgan fingerprint density at radius 3 is 2.82 bits per heavy atom. The van der Waals surface area contributed by atoms with Crippen LogP contribution in [0.25, 0.3) is 0 Å². The van der Waals surface area contributed by atoms with Crippen LogP contribution in [0.3, 0.4) is 0 Å². The van der Waals surface area contributed by atoms with Crippen LogP contribution in [0.4, 0.5) is 0 Å². The highest BCUT2D eigenvalue weighted by molar-refractivity contribution is 5.77. The molecule has 2 heterocycles. The predicted octanol–water partition coefficient (Wildman–Crippen LogP) is 1.67. The first-order chi connectivity index (χ1) is 10.7. The SMILES string of the molecule is COC[C@@H]1CN(C(=O)CC2CC2)C[C@H]1c1nc(C2CC2)n[nH]1. The quantitative estimate of drug-likeness (QED) is 0.868. The van der Waals surface area contributed by atoms with E-state index in [0.29, 0.717) is 30.3 Å². The van der Waals surface area contributed by atoms with Crippen molar-refractivity contribution in [1.29, 1.82) is 0 Å². The van der Waals surface area contributed by atoms with Gasteiger partial charge in [0.25, 0.3) is 0 Å². The minimum absolute atomic E-state index is 0.225. The summed E-state index contributed by atoms with van der Waals surface area (Å²) in [4.78, 5) is 19.1. The van der Waals surface area contributed by atoms with Crippen molar-refractivity contribution in [1.82, 2.24) is 20.1 Å². The molecular formula is C16H24N4O2. The second-order valence-electron chi connectivity index (χ2n) is 7.12. The van der Waals surface area contributed by atoms with E-state index < -0.39 is 0 Å². The van der Waals surface area contributed by atoms with Crippen LogP contribution in [-0.2, 0) is 9.53 Å². The number of carbonyl (C=O) groups excluding carboxylic acids is 1. The lowest BCUT2D eigenvalue weighted by atomic mass is 9.96. The smallest absolute Gasteiger partial charge is 0.222 e. The molecule has 1 N–H and O–H groups in total. The molecule has 3 aliphatic rings. The maximum atomic E-state index is 12.4. The van der Waals surface area contributed by atoms with Crippen LogP contribution in [0.1, 0.15) is 55.6 Å². The van der Waals surface area contributed by atoms with Crippen LogP contribution in [0.5, 0.6) is 0 Å². The highest BCUT2D eigenvalue weighted by Gasteiger charge is 2.40. The van der Waals surface area contributed by atoms with E-state index >= 15 is 0 Å². The lowest BCUT2D eigenvalue weighted by Crippen LogP contribution is -2.29. The van der Waals surface area contributed by atoms with Crippen molar-refractivity contribution >= 4 is 5.91 Å². The monoisotopic (exact) mass is 304 g/mol. The molecule has 6 heteroatoms. The van der Waals surface area contributed by atoms with Crippen molar-refractivity contribution < 1.29 is 9.53 Å². The summed E-state index contributed by atoms with van der Waals surface area (Å²) in [5.41, 5.74) is 0. The highest BCUT2D eigenvalue weighted by Crippen LogP contribution is 2.40. The molecule has 2 atom stereocenters. The molecule has 6 nitrogen and oxygen atoms in total. The van der Waals surface area contributed by atoms with Gasteiger partial charge in [-0.25, -0.2) is 4.98 Å². The molecule has 2 saturated carbocycles. The third-order valence-corrected chi connectivity index (χ3v) is 5.15. The molecule has 22 heavy (non-hydrogen) atoms. The van der Waals surface area contributed by atoms with E-state index in [2.05, 4.69) is 10.2 Å². The summed E-state index contributed by atoms with van der Waals surface area (Å²) in [6.45, 7) is 2.19. The molecule has 1 aromatic heterocycles. The zero-order chi connectivity index (χ0) is 15.1. The van der Waals surface area contributed by atoms with Gasteiger partial charge in [0.15, 0.2) is 5.82 Å². The van der Waals surface area contributed by atoms with E-state index in [4.69, 9.17) is 9.72 Å². The molecule has 4 rings (SSSR count). The van der Waals surface area contributed by atoms with E-state index in [1.54, 1.807) is 7.11 Å². The number of nitrogens with zero attached hydrogens (tertiary/aromatic N) is 3. The van der Waals surface area contributed by atoms with Gasteiger partial charge < -0.3 is 9.64 Å². The van der Waals surface area contributed by atoms with Gasteiger partial charge in [0.2, 0.25) is 5.91 Å². The first kappa shape index (κ1) is 14.2. The van der Waals surface area contributed by atoms with E-state index in [-0.39, 0.29) is 5.92 Å². The second-order valence-corrected chi connectivity index (χ2v) is 7.12. The Morgan fingerprint density at radius 2 is 2.14 bits per heavy atom. The molecule has 0 radical (unpaired) electrons. The average Bonchev–Trinajstić information content (AvgIpc) is 3.42. The Kier molecular flexibility index (Phi) is 3.64. The number of hydrogen-bond donors (Lipinski definition) is 1. The Bertz CT molecular complexity index is 550. The number of likely N-dealkylation sites (tertiary alicyclic amines) is 1. The molecule has 2 aliphatic carbocycles. The lowest BCUT2D eigenvalue weighted by molar-refractivity contribution is -0.130. The molecule has 0 aromatic carbocycles. The van der Waals surface area contributed by atoms with Crippen LogP contribution in [0.15, 0.2) is 0 Å². The average molecular weight is 304 g/mol. The van der Waals surface area contributed by atoms with E-state index in [1.807, 2.05) is 4.90 Å². The third-order valence-electron chi connectivity index (χ3n) is 5.15. The fourth-order valence-corrected chi connectivity index (χ4v) is 3.44. The summed E-state index contributed by atoms with van der Waals surface area (Å²) in [5.74, 6) is 3.92. The number of hydrogen-bond acceptors (Lipinski definition) is 4. The van der Waals surface area contributed by atoms with Crippen LogP contribution in [0.2, 0.25) is 0 Å². The maximum Gasteiger partial charge on any atom is 0.222 e. The van der Waals surface area contributed by atoms with Crippen molar-refractivity contribution in [2.75, 3.05) is 26.8 Å². The molecule has 1 saturated heterocycles. The largest absolute Gasteiger partial charge is 0.384 e. The number of H-pyrrole nitrogens is 1. The molecular weight excluding hydrogens is 280 g/mol. The van der Waals surface area contributed by atoms with Gasteiger partial charge in [0, 0.05) is 44.4 Å². The summed E-state index contributed by atoms with van der Waals surface area (Å²) < 4.78 is 5.37. The van der Waals surface area contributed by atoms with Crippen molar-refractivity contribution in [2.24, 2.45) is 11.8 Å². The third kappa shape index (κ3) is 2.89.